The van der Waals surface area contributed by atoms with Gasteiger partial charge in [0, 0.05) is 0 Å². The minimum Gasteiger partial charge on any atom is -0.451 e. The number of rotatable bonds is 3. The molecule has 0 saturated carbocycles. The van der Waals surface area contributed by atoms with E-state index >= 15 is 0 Å². The molecule has 1 aromatic carbocycles. The third-order valence-electron chi connectivity index (χ3n) is 7.19. The summed E-state index contributed by atoms with van der Waals surface area (Å²) < 4.78 is 5.69. The molecule has 0 radical (unpaired) electrons. The summed E-state index contributed by atoms with van der Waals surface area (Å²) >= 11 is 0. The van der Waals surface area contributed by atoms with Crippen molar-refractivity contribution < 1.29 is 24.9 Å². The van der Waals surface area contributed by atoms with Gasteiger partial charge in [-0.3, -0.25) is 10.8 Å². The Balaban J connectivity index is 1.70. The maximum atomic E-state index is 13.4. The first kappa shape index (κ1) is 25.2. The van der Waals surface area contributed by atoms with Crippen LogP contribution in [0.2, 0.25) is 0 Å². The van der Waals surface area contributed by atoms with Gasteiger partial charge in [0.05, 0.1) is 30.8 Å². The number of guanidine groups is 2. The molecule has 11 nitrogen and oxygen atoms in total. The smallest absolute Gasteiger partial charge is 0.338 e. The highest BCUT2D eigenvalue weighted by molar-refractivity contribution is 5.91. The summed E-state index contributed by atoms with van der Waals surface area (Å²) in [6.45, 7) is 11.7. The average Bonchev–Trinajstić information content (AvgIpc) is 3.21. The zero-order chi connectivity index (χ0) is 26.1. The number of esters is 1. The molecule has 3 heterocycles. The van der Waals surface area contributed by atoms with E-state index in [1.54, 1.807) is 12.1 Å². The SMILES string of the molecule is CC(C)(C)c1cc(C(=O)O[C@H]2CN3C(=N)N[C@@H](CO)C4NC(=N)N[C@@]43C2(O)O)cc(C(C)(C)C)c1. The second-order valence-corrected chi connectivity index (χ2v) is 11.7. The minimum atomic E-state index is -2.68. The molecule has 11 heteroatoms. The lowest BCUT2D eigenvalue weighted by Crippen LogP contribution is -2.80. The molecule has 3 aliphatic rings. The number of carbonyl (C=O) groups excluding carboxylic acids is 1. The molecule has 4 rings (SSSR count). The Labute approximate surface area is 204 Å². The summed E-state index contributed by atoms with van der Waals surface area (Å²) in [5.41, 5.74) is -0.0452. The molecule has 3 saturated heterocycles. The second kappa shape index (κ2) is 7.81. The number of carbonyl (C=O) groups is 1. The summed E-state index contributed by atoms with van der Waals surface area (Å²) in [7, 11) is 0. The quantitative estimate of drug-likeness (QED) is 0.213. The van der Waals surface area contributed by atoms with Crippen molar-refractivity contribution >= 4 is 17.9 Å². The number of hydrogen-bond acceptors (Lipinski definition) is 7. The Hall–Kier alpha value is -2.89. The lowest BCUT2D eigenvalue weighted by atomic mass is 9.79. The van der Waals surface area contributed by atoms with Gasteiger partial charge in [-0.15, -0.1) is 0 Å². The first-order chi connectivity index (χ1) is 16.0. The molecule has 3 aliphatic heterocycles. The molecule has 1 unspecified atom stereocenters. The van der Waals surface area contributed by atoms with Crippen LogP contribution in [-0.2, 0) is 15.6 Å². The highest BCUT2D eigenvalue weighted by Crippen LogP contribution is 2.44. The van der Waals surface area contributed by atoms with Gasteiger partial charge in [0.1, 0.15) is 0 Å². The number of nitrogens with one attached hydrogen (secondary N) is 5. The molecule has 35 heavy (non-hydrogen) atoms. The van der Waals surface area contributed by atoms with Crippen LogP contribution in [0.4, 0.5) is 0 Å². The van der Waals surface area contributed by atoms with E-state index in [9.17, 15) is 20.1 Å². The predicted octanol–water partition coefficient (Wildman–Crippen LogP) is -0.105. The monoisotopic (exact) mass is 488 g/mol. The van der Waals surface area contributed by atoms with Crippen molar-refractivity contribution in [2.45, 2.75) is 82.0 Å². The Morgan fingerprint density at radius 3 is 2.17 bits per heavy atom. The molecule has 0 amide bonds. The number of aliphatic hydroxyl groups excluding tert-OH is 1. The molecule has 4 atom stereocenters. The molecule has 3 fully saturated rings. The van der Waals surface area contributed by atoms with Crippen molar-refractivity contribution in [3.63, 3.8) is 0 Å². The van der Waals surface area contributed by atoms with Crippen LogP contribution in [0.1, 0.15) is 63.0 Å². The predicted molar refractivity (Wildman–Crippen MR) is 129 cm³/mol. The van der Waals surface area contributed by atoms with Gasteiger partial charge in [0.25, 0.3) is 0 Å². The number of ether oxygens (including phenoxy) is 1. The fraction of sp³-hybridized carbons (Fsp3) is 0.625. The van der Waals surface area contributed by atoms with Gasteiger partial charge in [-0.05, 0) is 34.1 Å². The largest absolute Gasteiger partial charge is 0.451 e. The topological polar surface area (TPSA) is 174 Å². The Morgan fingerprint density at radius 2 is 1.66 bits per heavy atom. The van der Waals surface area contributed by atoms with Crippen molar-refractivity contribution in [1.82, 2.24) is 20.9 Å². The molecule has 8 N–H and O–H groups in total. The van der Waals surface area contributed by atoms with Crippen molar-refractivity contribution in [2.24, 2.45) is 0 Å². The minimum absolute atomic E-state index is 0.180. The van der Waals surface area contributed by atoms with Crippen LogP contribution in [0.3, 0.4) is 0 Å². The van der Waals surface area contributed by atoms with E-state index in [0.717, 1.165) is 11.1 Å². The Kier molecular flexibility index (Phi) is 5.62. The van der Waals surface area contributed by atoms with Gasteiger partial charge in [0.2, 0.25) is 5.79 Å². The van der Waals surface area contributed by atoms with E-state index in [1.807, 2.05) is 0 Å². The van der Waals surface area contributed by atoms with Crippen LogP contribution in [-0.4, -0.2) is 80.9 Å². The Bertz CT molecular complexity index is 1040. The fourth-order valence-electron chi connectivity index (χ4n) is 5.08. The molecule has 1 spiro atoms. The van der Waals surface area contributed by atoms with Gasteiger partial charge in [-0.2, -0.15) is 0 Å². The van der Waals surface area contributed by atoms with Gasteiger partial charge >= 0.3 is 5.97 Å². The summed E-state index contributed by atoms with van der Waals surface area (Å²) in [6, 6.07) is 3.92. The van der Waals surface area contributed by atoms with Crippen molar-refractivity contribution in [2.75, 3.05) is 13.2 Å². The van der Waals surface area contributed by atoms with Gasteiger partial charge < -0.3 is 40.9 Å². The first-order valence-corrected chi connectivity index (χ1v) is 11.7. The van der Waals surface area contributed by atoms with Crippen LogP contribution >= 0.6 is 0 Å². The van der Waals surface area contributed by atoms with Crippen LogP contribution in [0.5, 0.6) is 0 Å². The summed E-state index contributed by atoms with van der Waals surface area (Å²) in [5, 5.41) is 57.3. The number of aliphatic hydroxyl groups is 3. The van der Waals surface area contributed by atoms with E-state index in [-0.39, 0.29) is 29.3 Å². The van der Waals surface area contributed by atoms with Crippen LogP contribution < -0.4 is 16.0 Å². The number of nitrogens with zero attached hydrogens (tertiary/aromatic N) is 1. The third-order valence-corrected chi connectivity index (χ3v) is 7.19. The summed E-state index contributed by atoms with van der Waals surface area (Å²) in [5.74, 6) is -3.77. The van der Waals surface area contributed by atoms with Crippen LogP contribution in [0.25, 0.3) is 0 Å². The molecule has 1 aromatic rings. The van der Waals surface area contributed by atoms with E-state index in [4.69, 9.17) is 15.6 Å². The number of benzene rings is 1. The second-order valence-electron chi connectivity index (χ2n) is 11.7. The van der Waals surface area contributed by atoms with Crippen molar-refractivity contribution in [3.05, 3.63) is 34.9 Å². The first-order valence-electron chi connectivity index (χ1n) is 11.7. The molecule has 0 aliphatic carbocycles. The van der Waals surface area contributed by atoms with E-state index in [0.29, 0.717) is 5.56 Å². The maximum Gasteiger partial charge on any atom is 0.338 e. The zero-order valence-electron chi connectivity index (χ0n) is 21.0. The summed E-state index contributed by atoms with van der Waals surface area (Å²) in [6.07, 6.45) is -1.44. The zero-order valence-corrected chi connectivity index (χ0v) is 21.0. The maximum absolute atomic E-state index is 13.4. The van der Waals surface area contributed by atoms with Gasteiger partial charge in [0.15, 0.2) is 23.7 Å². The number of hydrogen-bond donors (Lipinski definition) is 8. The van der Waals surface area contributed by atoms with Crippen LogP contribution in [0, 0.1) is 10.8 Å². The average molecular weight is 489 g/mol. The van der Waals surface area contributed by atoms with Crippen LogP contribution in [0.15, 0.2) is 18.2 Å². The highest BCUT2D eigenvalue weighted by Gasteiger charge is 2.75. The van der Waals surface area contributed by atoms with Gasteiger partial charge in [-0.1, -0.05) is 47.6 Å². The van der Waals surface area contributed by atoms with Crippen molar-refractivity contribution in [1.29, 1.82) is 10.8 Å². The molecular weight excluding hydrogens is 452 g/mol. The lowest BCUT2D eigenvalue weighted by molar-refractivity contribution is -0.258. The summed E-state index contributed by atoms with van der Waals surface area (Å²) in [4.78, 5) is 14.7. The van der Waals surface area contributed by atoms with Crippen molar-refractivity contribution in [3.8, 4) is 0 Å². The van der Waals surface area contributed by atoms with E-state index in [2.05, 4.69) is 63.6 Å². The highest BCUT2D eigenvalue weighted by atomic mass is 16.6. The Morgan fingerprint density at radius 1 is 1.09 bits per heavy atom. The molecule has 192 valence electrons. The fourth-order valence-corrected chi connectivity index (χ4v) is 5.08. The standard InChI is InChI=1S/C24H36N6O5/c1-21(2,3)13-7-12(8-14(9-13)22(4,5)6)18(32)35-16-10-30-20(26)27-15(11-31)17-23(30,24(16,33)34)29-19(25)28-17/h7-9,15-17,31,33-34H,10-11H2,1-6H3,(H2,26,27)(H3,25,28,29)/t15-,16-,17?,23-/m0/s1. The van der Waals surface area contributed by atoms with Gasteiger partial charge in [-0.25, -0.2) is 4.79 Å². The normalized spacial score (nSPS) is 29.6. The van der Waals surface area contributed by atoms with E-state index < -0.39 is 42.2 Å². The lowest BCUT2D eigenvalue weighted by Gasteiger charge is -2.50. The molecule has 0 bridgehead atoms. The van der Waals surface area contributed by atoms with E-state index in [1.165, 1.54) is 4.90 Å². The third kappa shape index (κ3) is 3.82. The molecule has 0 aromatic heterocycles. The molecular formula is C24H36N6O5.